The van der Waals surface area contributed by atoms with Crippen molar-refractivity contribution in [3.8, 4) is 5.75 Å². The summed E-state index contributed by atoms with van der Waals surface area (Å²) in [4.78, 5) is 3.29. The van der Waals surface area contributed by atoms with Gasteiger partial charge in [0.1, 0.15) is 5.60 Å². The first kappa shape index (κ1) is 19.5. The van der Waals surface area contributed by atoms with Gasteiger partial charge in [0, 0.05) is 6.07 Å². The summed E-state index contributed by atoms with van der Waals surface area (Å²) < 4.78 is 20.9. The Morgan fingerprint density at radius 3 is 1.74 bits per heavy atom. The van der Waals surface area contributed by atoms with Crippen LogP contribution in [0.5, 0.6) is 5.75 Å². The Kier molecular flexibility index (Phi) is 6.22. The molecule has 0 aliphatic heterocycles. The Labute approximate surface area is 164 Å². The van der Waals surface area contributed by atoms with E-state index in [-0.39, 0.29) is 22.3 Å². The van der Waals surface area contributed by atoms with Gasteiger partial charge in [-0.05, 0) is 56.2 Å². The molecule has 0 heterocycles. The van der Waals surface area contributed by atoms with Crippen LogP contribution in [-0.2, 0) is 10.9 Å². The summed E-state index contributed by atoms with van der Waals surface area (Å²) in [7, 11) is -0.355. The van der Waals surface area contributed by atoms with Crippen molar-refractivity contribution in [1.82, 2.24) is 0 Å². The molecule has 0 bridgehead atoms. The highest BCUT2D eigenvalue weighted by Gasteiger charge is 2.30. The van der Waals surface area contributed by atoms with Gasteiger partial charge < -0.3 is 4.74 Å². The molecule has 3 heteroatoms. The molecule has 0 unspecified atom stereocenters. The molecule has 0 aliphatic rings. The molecule has 0 aromatic heterocycles. The molecule has 3 rings (SSSR count). The monoisotopic (exact) mass is 381 g/mol. The van der Waals surface area contributed by atoms with Crippen molar-refractivity contribution in [3.05, 3.63) is 84.7 Å². The van der Waals surface area contributed by atoms with E-state index in [9.17, 15) is 4.39 Å². The van der Waals surface area contributed by atoms with Gasteiger partial charge in [-0.3, -0.25) is 0 Å². The van der Waals surface area contributed by atoms with Gasteiger partial charge in [0.2, 0.25) is 0 Å². The zero-order chi connectivity index (χ0) is 19.3. The maximum absolute atomic E-state index is 14.9. The van der Waals surface area contributed by atoms with E-state index in [2.05, 4.69) is 38.1 Å². The molecular formula is C24H26FOS+. The Morgan fingerprint density at radius 1 is 0.778 bits per heavy atom. The van der Waals surface area contributed by atoms with Gasteiger partial charge in [-0.2, -0.15) is 0 Å². The van der Waals surface area contributed by atoms with E-state index in [0.29, 0.717) is 5.75 Å². The molecule has 0 fully saturated rings. The summed E-state index contributed by atoms with van der Waals surface area (Å²) >= 11 is 0. The van der Waals surface area contributed by atoms with Crippen molar-refractivity contribution in [1.29, 1.82) is 0 Å². The van der Waals surface area contributed by atoms with E-state index in [1.54, 1.807) is 12.1 Å². The van der Waals surface area contributed by atoms with Gasteiger partial charge in [-0.15, -0.1) is 0 Å². The zero-order valence-electron chi connectivity index (χ0n) is 16.1. The molecular weight excluding hydrogens is 355 g/mol. The topological polar surface area (TPSA) is 9.23 Å². The Morgan fingerprint density at radius 2 is 1.30 bits per heavy atom. The lowest BCUT2D eigenvalue weighted by molar-refractivity contribution is 0.0752. The third kappa shape index (κ3) is 4.54. The lowest BCUT2D eigenvalue weighted by Gasteiger charge is -2.28. The highest BCUT2D eigenvalue weighted by Crippen LogP contribution is 2.34. The van der Waals surface area contributed by atoms with Gasteiger partial charge in [0.25, 0.3) is 0 Å². The van der Waals surface area contributed by atoms with Crippen LogP contribution >= 0.6 is 0 Å². The Hall–Kier alpha value is -2.26. The summed E-state index contributed by atoms with van der Waals surface area (Å²) in [5, 5.41) is 0. The van der Waals surface area contributed by atoms with Gasteiger partial charge in [0.05, 0.1) is 10.9 Å². The first-order valence-corrected chi connectivity index (χ1v) is 10.6. The van der Waals surface area contributed by atoms with Crippen molar-refractivity contribution >= 4 is 10.9 Å². The lowest BCUT2D eigenvalue weighted by atomic mass is 10.00. The highest BCUT2D eigenvalue weighted by molar-refractivity contribution is 7.97. The molecule has 140 valence electrons. The first-order valence-electron chi connectivity index (χ1n) is 9.39. The smallest absolute Gasteiger partial charge is 0.170 e. The molecule has 3 aromatic rings. The summed E-state index contributed by atoms with van der Waals surface area (Å²) in [6, 6.07) is 25.9. The number of halogens is 1. The molecule has 0 atom stereocenters. The van der Waals surface area contributed by atoms with Crippen molar-refractivity contribution in [2.24, 2.45) is 0 Å². The van der Waals surface area contributed by atoms with Crippen LogP contribution in [0.2, 0.25) is 0 Å². The molecule has 0 saturated heterocycles. The highest BCUT2D eigenvalue weighted by atomic mass is 32.2. The molecule has 27 heavy (non-hydrogen) atoms. The summed E-state index contributed by atoms with van der Waals surface area (Å²) in [6.07, 6.45) is 1.67. The SMILES string of the molecule is CCC(C)(CC)Oc1ccc([S+](c2ccccc2)c2ccccc2)cc1F. The summed E-state index contributed by atoms with van der Waals surface area (Å²) in [5.74, 6) is 0.0274. The molecule has 0 saturated carbocycles. The average Bonchev–Trinajstić information content (AvgIpc) is 2.72. The molecule has 0 radical (unpaired) electrons. The largest absolute Gasteiger partial charge is 0.485 e. The minimum absolute atomic E-state index is 0.301. The maximum Gasteiger partial charge on any atom is 0.170 e. The van der Waals surface area contributed by atoms with Crippen LogP contribution in [0.3, 0.4) is 0 Å². The maximum atomic E-state index is 14.9. The van der Waals surface area contributed by atoms with E-state index in [1.807, 2.05) is 49.4 Å². The van der Waals surface area contributed by atoms with Crippen LogP contribution in [0.25, 0.3) is 0 Å². The standard InChI is InChI=1S/C24H26FOS/c1-4-24(3,5-2)26-23-17-16-21(18-22(23)25)27(19-12-8-6-9-13-19)20-14-10-7-11-15-20/h6-18H,4-5H2,1-3H3/q+1. The van der Waals surface area contributed by atoms with Crippen LogP contribution in [-0.4, -0.2) is 5.60 Å². The number of benzene rings is 3. The van der Waals surface area contributed by atoms with E-state index >= 15 is 0 Å². The normalized spacial score (nSPS) is 11.6. The number of hydrogen-bond acceptors (Lipinski definition) is 1. The predicted molar refractivity (Wildman–Crippen MR) is 111 cm³/mol. The molecule has 0 N–H and O–H groups in total. The molecule has 0 amide bonds. The van der Waals surface area contributed by atoms with Crippen LogP contribution in [0, 0.1) is 5.82 Å². The van der Waals surface area contributed by atoms with Crippen molar-refractivity contribution < 1.29 is 9.13 Å². The van der Waals surface area contributed by atoms with E-state index in [4.69, 9.17) is 4.74 Å². The van der Waals surface area contributed by atoms with Crippen molar-refractivity contribution in [2.75, 3.05) is 0 Å². The molecule has 3 aromatic carbocycles. The second kappa shape index (κ2) is 8.62. The van der Waals surface area contributed by atoms with Gasteiger partial charge >= 0.3 is 0 Å². The minimum atomic E-state index is -0.355. The molecule has 0 spiro atoms. The van der Waals surface area contributed by atoms with Gasteiger partial charge in [0.15, 0.2) is 26.3 Å². The lowest BCUT2D eigenvalue weighted by Crippen LogP contribution is -2.30. The summed E-state index contributed by atoms with van der Waals surface area (Å²) in [5.41, 5.74) is -0.344. The van der Waals surface area contributed by atoms with Crippen molar-refractivity contribution in [2.45, 2.75) is 53.9 Å². The van der Waals surface area contributed by atoms with Crippen LogP contribution in [0.4, 0.5) is 4.39 Å². The van der Waals surface area contributed by atoms with E-state index in [0.717, 1.165) is 17.7 Å². The fraction of sp³-hybridized carbons (Fsp3) is 0.250. The number of hydrogen-bond donors (Lipinski definition) is 0. The zero-order valence-corrected chi connectivity index (χ0v) is 16.9. The molecule has 1 nitrogen and oxygen atoms in total. The van der Waals surface area contributed by atoms with Crippen LogP contribution in [0.1, 0.15) is 33.6 Å². The molecule has 0 aliphatic carbocycles. The first-order chi connectivity index (χ1) is 13.1. The van der Waals surface area contributed by atoms with Gasteiger partial charge in [-0.1, -0.05) is 50.2 Å². The fourth-order valence-electron chi connectivity index (χ4n) is 2.87. The third-order valence-electron chi connectivity index (χ3n) is 4.95. The Bertz CT molecular complexity index is 821. The fourth-order valence-corrected chi connectivity index (χ4v) is 4.97. The van der Waals surface area contributed by atoms with Crippen molar-refractivity contribution in [3.63, 3.8) is 0 Å². The number of rotatable bonds is 7. The van der Waals surface area contributed by atoms with E-state index < -0.39 is 0 Å². The number of ether oxygens (including phenoxy) is 1. The summed E-state index contributed by atoms with van der Waals surface area (Å²) in [6.45, 7) is 6.16. The second-order valence-corrected chi connectivity index (χ2v) is 8.81. The third-order valence-corrected chi connectivity index (χ3v) is 7.16. The quantitative estimate of drug-likeness (QED) is 0.405. The minimum Gasteiger partial charge on any atom is -0.485 e. The average molecular weight is 382 g/mol. The van der Waals surface area contributed by atoms with Gasteiger partial charge in [-0.25, -0.2) is 4.39 Å². The van der Waals surface area contributed by atoms with Crippen LogP contribution in [0.15, 0.2) is 93.5 Å². The van der Waals surface area contributed by atoms with Crippen LogP contribution < -0.4 is 4.74 Å². The Balaban J connectivity index is 2.00. The van der Waals surface area contributed by atoms with E-state index in [1.165, 1.54) is 9.79 Å². The predicted octanol–water partition coefficient (Wildman–Crippen LogP) is 6.88. The second-order valence-electron chi connectivity index (χ2n) is 6.78.